The number of nitrogens with zero attached hydrogens (tertiary/aromatic N) is 4. The molecule has 0 N–H and O–H groups in total. The standard InChI is InChI=1S/C24H29ClN4O3S/c1-16(2)28(6)33(31,32)20-12-13-23(25)21(14-20)24(30)27(5)15-22-17(3)26-29(18(22)4)19-10-8-7-9-11-19/h7-14,16H,15H2,1-6H3. The van der Waals surface area contributed by atoms with E-state index in [1.807, 2.05) is 48.9 Å². The summed E-state index contributed by atoms with van der Waals surface area (Å²) >= 11 is 6.30. The normalized spacial score (nSPS) is 11.9. The van der Waals surface area contributed by atoms with E-state index >= 15 is 0 Å². The number of rotatable bonds is 7. The molecule has 1 aromatic heterocycles. The van der Waals surface area contributed by atoms with E-state index in [0.29, 0.717) is 6.54 Å². The molecule has 0 unspecified atom stereocenters. The summed E-state index contributed by atoms with van der Waals surface area (Å²) in [7, 11) is -0.568. The zero-order valence-corrected chi connectivity index (χ0v) is 21.3. The minimum Gasteiger partial charge on any atom is -0.337 e. The Morgan fingerprint density at radius 1 is 1.09 bits per heavy atom. The van der Waals surface area contributed by atoms with E-state index < -0.39 is 10.0 Å². The van der Waals surface area contributed by atoms with E-state index in [1.54, 1.807) is 20.9 Å². The topological polar surface area (TPSA) is 75.5 Å². The quantitative estimate of drug-likeness (QED) is 0.492. The molecule has 2 aromatic carbocycles. The summed E-state index contributed by atoms with van der Waals surface area (Å²) in [6.45, 7) is 7.74. The Hall–Kier alpha value is -2.68. The van der Waals surface area contributed by atoms with Crippen molar-refractivity contribution in [2.24, 2.45) is 0 Å². The second kappa shape index (κ2) is 9.67. The van der Waals surface area contributed by atoms with Crippen LogP contribution in [0.15, 0.2) is 53.4 Å². The fourth-order valence-corrected chi connectivity index (χ4v) is 5.10. The predicted octanol–water partition coefficient (Wildman–Crippen LogP) is 4.44. The summed E-state index contributed by atoms with van der Waals surface area (Å²) in [4.78, 5) is 14.8. The van der Waals surface area contributed by atoms with Crippen molar-refractivity contribution in [1.29, 1.82) is 0 Å². The fraction of sp³-hybridized carbons (Fsp3) is 0.333. The number of aromatic nitrogens is 2. The maximum Gasteiger partial charge on any atom is 0.255 e. The van der Waals surface area contributed by atoms with Crippen LogP contribution in [0.25, 0.3) is 5.69 Å². The first-order chi connectivity index (χ1) is 15.4. The van der Waals surface area contributed by atoms with E-state index in [4.69, 9.17) is 11.6 Å². The van der Waals surface area contributed by atoms with E-state index in [-0.39, 0.29) is 27.4 Å². The largest absolute Gasteiger partial charge is 0.337 e. The lowest BCUT2D eigenvalue weighted by Gasteiger charge is -2.22. The van der Waals surface area contributed by atoms with Crippen LogP contribution in [0.5, 0.6) is 0 Å². The van der Waals surface area contributed by atoms with Crippen molar-refractivity contribution in [2.45, 2.75) is 45.2 Å². The van der Waals surface area contributed by atoms with Gasteiger partial charge in [0.15, 0.2) is 0 Å². The number of halogens is 1. The van der Waals surface area contributed by atoms with E-state index in [9.17, 15) is 13.2 Å². The van der Waals surface area contributed by atoms with Gasteiger partial charge in [-0.2, -0.15) is 9.40 Å². The van der Waals surface area contributed by atoms with Gasteiger partial charge in [0, 0.05) is 37.9 Å². The SMILES string of the molecule is Cc1nn(-c2ccccc2)c(C)c1CN(C)C(=O)c1cc(S(=O)(=O)N(C)C(C)C)ccc1Cl. The molecule has 3 rings (SSSR count). The van der Waals surface area contributed by atoms with Gasteiger partial charge < -0.3 is 4.90 Å². The summed E-state index contributed by atoms with van der Waals surface area (Å²) in [5.74, 6) is -0.365. The van der Waals surface area contributed by atoms with E-state index in [2.05, 4.69) is 5.10 Å². The average molecular weight is 489 g/mol. The predicted molar refractivity (Wildman–Crippen MR) is 130 cm³/mol. The van der Waals surface area contributed by atoms with Gasteiger partial charge in [0.25, 0.3) is 5.91 Å². The molecule has 0 aliphatic heterocycles. The van der Waals surface area contributed by atoms with Gasteiger partial charge in [-0.3, -0.25) is 4.79 Å². The summed E-state index contributed by atoms with van der Waals surface area (Å²) in [5.41, 5.74) is 3.75. The highest BCUT2D eigenvalue weighted by Gasteiger charge is 2.26. The van der Waals surface area contributed by atoms with Gasteiger partial charge in [-0.05, 0) is 58.0 Å². The molecule has 0 saturated carbocycles. The number of carbonyl (C=O) groups is 1. The van der Waals surface area contributed by atoms with Crippen molar-refractivity contribution in [3.05, 3.63) is 76.1 Å². The van der Waals surface area contributed by atoms with Gasteiger partial charge >= 0.3 is 0 Å². The molecule has 9 heteroatoms. The molecule has 176 valence electrons. The Kier molecular flexibility index (Phi) is 7.31. The van der Waals surface area contributed by atoms with E-state index in [0.717, 1.165) is 22.6 Å². The molecule has 0 saturated heterocycles. The second-order valence-electron chi connectivity index (χ2n) is 8.31. The number of sulfonamides is 1. The zero-order valence-electron chi connectivity index (χ0n) is 19.7. The van der Waals surface area contributed by atoms with Crippen molar-refractivity contribution in [3.63, 3.8) is 0 Å². The van der Waals surface area contributed by atoms with Crippen molar-refractivity contribution in [2.75, 3.05) is 14.1 Å². The molecule has 7 nitrogen and oxygen atoms in total. The Balaban J connectivity index is 1.91. The van der Waals surface area contributed by atoms with Crippen LogP contribution in [-0.2, 0) is 16.6 Å². The Morgan fingerprint density at radius 2 is 1.73 bits per heavy atom. The smallest absolute Gasteiger partial charge is 0.255 e. The van der Waals surface area contributed by atoms with Crippen molar-refractivity contribution >= 4 is 27.5 Å². The molecule has 0 fully saturated rings. The molecule has 1 heterocycles. The second-order valence-corrected chi connectivity index (χ2v) is 10.7. The van der Waals surface area contributed by atoms with Crippen LogP contribution in [0, 0.1) is 13.8 Å². The van der Waals surface area contributed by atoms with Crippen LogP contribution in [0.1, 0.15) is 41.2 Å². The molecular formula is C24H29ClN4O3S. The number of para-hydroxylation sites is 1. The molecule has 0 spiro atoms. The van der Waals surface area contributed by atoms with Crippen LogP contribution in [0.4, 0.5) is 0 Å². The van der Waals surface area contributed by atoms with Gasteiger partial charge in [-0.1, -0.05) is 29.8 Å². The van der Waals surface area contributed by atoms with Crippen molar-refractivity contribution < 1.29 is 13.2 Å². The van der Waals surface area contributed by atoms with Crippen LogP contribution in [0.3, 0.4) is 0 Å². The van der Waals surface area contributed by atoms with Gasteiger partial charge in [-0.15, -0.1) is 0 Å². The highest BCUT2D eigenvalue weighted by Crippen LogP contribution is 2.26. The number of amides is 1. The third-order valence-electron chi connectivity index (χ3n) is 5.76. The number of hydrogen-bond donors (Lipinski definition) is 0. The van der Waals surface area contributed by atoms with Gasteiger partial charge in [0.1, 0.15) is 0 Å². The molecule has 0 radical (unpaired) electrons. The summed E-state index contributed by atoms with van der Waals surface area (Å²) in [5, 5.41) is 4.83. The lowest BCUT2D eigenvalue weighted by atomic mass is 10.1. The molecule has 33 heavy (non-hydrogen) atoms. The van der Waals surface area contributed by atoms with Gasteiger partial charge in [0.05, 0.1) is 26.9 Å². The average Bonchev–Trinajstić information content (AvgIpc) is 3.06. The Bertz CT molecular complexity index is 1270. The molecule has 0 aliphatic rings. The van der Waals surface area contributed by atoms with Crippen LogP contribution >= 0.6 is 11.6 Å². The molecular weight excluding hydrogens is 460 g/mol. The third kappa shape index (κ3) is 4.98. The summed E-state index contributed by atoms with van der Waals surface area (Å²) in [6, 6.07) is 13.8. The van der Waals surface area contributed by atoms with Crippen LogP contribution in [-0.4, -0.2) is 53.4 Å². The number of aryl methyl sites for hydroxylation is 1. The zero-order chi connectivity index (χ0) is 24.5. The highest BCUT2D eigenvalue weighted by atomic mass is 35.5. The highest BCUT2D eigenvalue weighted by molar-refractivity contribution is 7.89. The molecule has 0 aliphatic carbocycles. The summed E-state index contributed by atoms with van der Waals surface area (Å²) in [6.07, 6.45) is 0. The molecule has 1 amide bonds. The fourth-order valence-electron chi connectivity index (χ4n) is 3.51. The first-order valence-corrected chi connectivity index (χ1v) is 12.4. The minimum atomic E-state index is -3.75. The van der Waals surface area contributed by atoms with Crippen molar-refractivity contribution in [3.8, 4) is 5.69 Å². The Morgan fingerprint density at radius 3 is 2.33 bits per heavy atom. The third-order valence-corrected chi connectivity index (χ3v) is 8.12. The van der Waals surface area contributed by atoms with Gasteiger partial charge in [-0.25, -0.2) is 13.1 Å². The lowest BCUT2D eigenvalue weighted by Crippen LogP contribution is -2.33. The summed E-state index contributed by atoms with van der Waals surface area (Å²) < 4.78 is 28.9. The van der Waals surface area contributed by atoms with Crippen molar-refractivity contribution in [1.82, 2.24) is 19.0 Å². The van der Waals surface area contributed by atoms with Crippen LogP contribution < -0.4 is 0 Å². The number of benzene rings is 2. The van der Waals surface area contributed by atoms with Gasteiger partial charge in [0.2, 0.25) is 10.0 Å². The minimum absolute atomic E-state index is 0.0316. The molecule has 3 aromatic rings. The number of hydrogen-bond acceptors (Lipinski definition) is 4. The Labute approximate surface area is 200 Å². The maximum atomic E-state index is 13.3. The molecule has 0 atom stereocenters. The first-order valence-electron chi connectivity index (χ1n) is 10.6. The first kappa shape index (κ1) is 25.0. The lowest BCUT2D eigenvalue weighted by molar-refractivity contribution is 0.0784. The monoisotopic (exact) mass is 488 g/mol. The van der Waals surface area contributed by atoms with Crippen LogP contribution in [0.2, 0.25) is 5.02 Å². The van der Waals surface area contributed by atoms with E-state index in [1.165, 1.54) is 34.5 Å². The maximum absolute atomic E-state index is 13.3. The molecule has 0 bridgehead atoms. The number of carbonyl (C=O) groups excluding carboxylic acids is 1.